The monoisotopic (exact) mass is 181 g/mol. The summed E-state index contributed by atoms with van der Waals surface area (Å²) in [5.41, 5.74) is 5.76. The van der Waals surface area contributed by atoms with Gasteiger partial charge in [0.15, 0.2) is 0 Å². The van der Waals surface area contributed by atoms with Gasteiger partial charge in [0.05, 0.1) is 12.4 Å². The highest BCUT2D eigenvalue weighted by Crippen LogP contribution is 2.33. The van der Waals surface area contributed by atoms with Crippen LogP contribution in [0.2, 0.25) is 0 Å². The molecule has 0 saturated carbocycles. The van der Waals surface area contributed by atoms with Crippen LogP contribution < -0.4 is 5.73 Å². The highest BCUT2D eigenvalue weighted by molar-refractivity contribution is 5.04. The van der Waals surface area contributed by atoms with Gasteiger partial charge in [-0.3, -0.25) is 0 Å². The molecule has 1 aliphatic rings. The van der Waals surface area contributed by atoms with E-state index in [0.29, 0.717) is 0 Å². The summed E-state index contributed by atoms with van der Waals surface area (Å²) >= 11 is 0. The molecule has 2 rings (SSSR count). The van der Waals surface area contributed by atoms with Crippen molar-refractivity contribution in [3.05, 3.63) is 24.2 Å². The average molecular weight is 181 g/mol. The highest BCUT2D eigenvalue weighted by Gasteiger charge is 2.30. The highest BCUT2D eigenvalue weighted by atomic mass is 16.5. The zero-order valence-corrected chi connectivity index (χ0v) is 7.77. The van der Waals surface area contributed by atoms with Gasteiger partial charge in [-0.25, -0.2) is 0 Å². The molecule has 3 heteroatoms. The Hall–Kier alpha value is -0.800. The van der Waals surface area contributed by atoms with E-state index in [9.17, 15) is 0 Å². The molecule has 3 nitrogen and oxygen atoms in total. The van der Waals surface area contributed by atoms with E-state index < -0.39 is 0 Å². The second kappa shape index (κ2) is 3.52. The number of rotatable bonds is 2. The van der Waals surface area contributed by atoms with Crippen LogP contribution in [0.3, 0.4) is 0 Å². The van der Waals surface area contributed by atoms with Crippen LogP contribution in [0.5, 0.6) is 0 Å². The Kier molecular flexibility index (Phi) is 2.38. The third kappa shape index (κ3) is 1.76. The number of hydrogen-bond donors (Lipinski definition) is 1. The molecule has 1 fully saturated rings. The largest absolute Gasteiger partial charge is 0.467 e. The van der Waals surface area contributed by atoms with Gasteiger partial charge in [0.25, 0.3) is 0 Å². The van der Waals surface area contributed by atoms with Crippen molar-refractivity contribution in [1.29, 1.82) is 0 Å². The summed E-state index contributed by atoms with van der Waals surface area (Å²) in [5, 5.41) is 0. The van der Waals surface area contributed by atoms with Crippen molar-refractivity contribution in [3.63, 3.8) is 0 Å². The fourth-order valence-electron chi connectivity index (χ4n) is 1.73. The lowest BCUT2D eigenvalue weighted by molar-refractivity contribution is 0.0221. The Morgan fingerprint density at radius 2 is 2.38 bits per heavy atom. The lowest BCUT2D eigenvalue weighted by atomic mass is 10.1. The zero-order valence-electron chi connectivity index (χ0n) is 7.77. The molecule has 3 atom stereocenters. The van der Waals surface area contributed by atoms with Crippen molar-refractivity contribution in [2.45, 2.75) is 38.0 Å². The normalized spacial score (nSPS) is 30.6. The zero-order chi connectivity index (χ0) is 9.26. The van der Waals surface area contributed by atoms with Gasteiger partial charge >= 0.3 is 0 Å². The van der Waals surface area contributed by atoms with E-state index in [0.717, 1.165) is 18.6 Å². The van der Waals surface area contributed by atoms with E-state index in [1.54, 1.807) is 6.26 Å². The molecule has 2 N–H and O–H groups in total. The summed E-state index contributed by atoms with van der Waals surface area (Å²) in [6.07, 6.45) is 4.03. The Bertz CT molecular complexity index is 256. The predicted molar refractivity (Wildman–Crippen MR) is 49.2 cm³/mol. The fraction of sp³-hybridized carbons (Fsp3) is 0.600. The summed E-state index contributed by atoms with van der Waals surface area (Å²) in [7, 11) is 0. The minimum absolute atomic E-state index is 0.111. The summed E-state index contributed by atoms with van der Waals surface area (Å²) in [6, 6.07) is 3.95. The first-order chi connectivity index (χ1) is 6.27. The molecule has 0 aromatic carbocycles. The standard InChI is InChI=1S/C10H15NO2/c1-7(11)8-4-5-10(13-8)9-3-2-6-12-9/h2-3,6-8,10H,4-5,11H2,1H3. The van der Waals surface area contributed by atoms with Gasteiger partial charge in [-0.15, -0.1) is 0 Å². The molecule has 0 aliphatic carbocycles. The van der Waals surface area contributed by atoms with Gasteiger partial charge in [0.1, 0.15) is 11.9 Å². The van der Waals surface area contributed by atoms with Gasteiger partial charge < -0.3 is 14.9 Å². The van der Waals surface area contributed by atoms with Crippen molar-refractivity contribution in [2.75, 3.05) is 0 Å². The van der Waals surface area contributed by atoms with Crippen molar-refractivity contribution >= 4 is 0 Å². The molecule has 1 aromatic rings. The van der Waals surface area contributed by atoms with Crippen molar-refractivity contribution in [2.24, 2.45) is 5.73 Å². The molecule has 1 aromatic heterocycles. The van der Waals surface area contributed by atoms with Gasteiger partial charge in [0, 0.05) is 6.04 Å². The minimum atomic E-state index is 0.111. The quantitative estimate of drug-likeness (QED) is 0.757. The fourth-order valence-corrected chi connectivity index (χ4v) is 1.73. The maximum Gasteiger partial charge on any atom is 0.132 e. The average Bonchev–Trinajstić information content (AvgIpc) is 2.75. The number of hydrogen-bond acceptors (Lipinski definition) is 3. The van der Waals surface area contributed by atoms with Crippen molar-refractivity contribution in [1.82, 2.24) is 0 Å². The molecule has 13 heavy (non-hydrogen) atoms. The van der Waals surface area contributed by atoms with Crippen LogP contribution in [0.4, 0.5) is 0 Å². The van der Waals surface area contributed by atoms with Gasteiger partial charge in [-0.2, -0.15) is 0 Å². The molecule has 72 valence electrons. The Balaban J connectivity index is 1.99. The van der Waals surface area contributed by atoms with E-state index in [1.165, 1.54) is 0 Å². The second-order valence-corrected chi connectivity index (χ2v) is 3.62. The number of ether oxygens (including phenoxy) is 1. The van der Waals surface area contributed by atoms with Crippen LogP contribution in [0, 0.1) is 0 Å². The molecular weight excluding hydrogens is 166 g/mol. The van der Waals surface area contributed by atoms with Crippen LogP contribution >= 0.6 is 0 Å². The first-order valence-electron chi connectivity index (χ1n) is 4.72. The van der Waals surface area contributed by atoms with Crippen LogP contribution in [-0.4, -0.2) is 12.1 Å². The van der Waals surface area contributed by atoms with E-state index >= 15 is 0 Å². The molecule has 0 radical (unpaired) electrons. The van der Waals surface area contributed by atoms with Crippen LogP contribution in [0.15, 0.2) is 22.8 Å². The van der Waals surface area contributed by atoms with Crippen LogP contribution in [-0.2, 0) is 4.74 Å². The van der Waals surface area contributed by atoms with Gasteiger partial charge in [0.2, 0.25) is 0 Å². The third-order valence-corrected chi connectivity index (χ3v) is 2.50. The third-order valence-electron chi connectivity index (χ3n) is 2.50. The molecule has 0 amide bonds. The summed E-state index contributed by atoms with van der Waals surface area (Å²) in [6.45, 7) is 1.98. The predicted octanol–water partition coefficient (Wildman–Crippen LogP) is 1.85. The number of furan rings is 1. The Morgan fingerprint density at radius 1 is 1.54 bits per heavy atom. The smallest absolute Gasteiger partial charge is 0.132 e. The first kappa shape index (κ1) is 8.78. The molecule has 1 saturated heterocycles. The van der Waals surface area contributed by atoms with E-state index in [-0.39, 0.29) is 18.2 Å². The van der Waals surface area contributed by atoms with Crippen LogP contribution in [0.25, 0.3) is 0 Å². The Labute approximate surface area is 77.9 Å². The molecule has 0 bridgehead atoms. The maximum absolute atomic E-state index is 5.76. The van der Waals surface area contributed by atoms with Crippen molar-refractivity contribution in [3.8, 4) is 0 Å². The van der Waals surface area contributed by atoms with E-state index in [2.05, 4.69) is 0 Å². The SMILES string of the molecule is CC(N)C1CCC(c2ccco2)O1. The van der Waals surface area contributed by atoms with Crippen LogP contribution in [0.1, 0.15) is 31.6 Å². The van der Waals surface area contributed by atoms with E-state index in [4.69, 9.17) is 14.9 Å². The summed E-state index contributed by atoms with van der Waals surface area (Å²) in [4.78, 5) is 0. The first-order valence-corrected chi connectivity index (χ1v) is 4.72. The molecule has 3 unspecified atom stereocenters. The minimum Gasteiger partial charge on any atom is -0.467 e. The maximum atomic E-state index is 5.76. The van der Waals surface area contributed by atoms with Crippen molar-refractivity contribution < 1.29 is 9.15 Å². The molecule has 1 aliphatic heterocycles. The second-order valence-electron chi connectivity index (χ2n) is 3.62. The van der Waals surface area contributed by atoms with Gasteiger partial charge in [-0.1, -0.05) is 0 Å². The lowest BCUT2D eigenvalue weighted by Gasteiger charge is -2.15. The molecule has 2 heterocycles. The van der Waals surface area contributed by atoms with Gasteiger partial charge in [-0.05, 0) is 31.9 Å². The summed E-state index contributed by atoms with van der Waals surface area (Å²) in [5.74, 6) is 0.920. The topological polar surface area (TPSA) is 48.4 Å². The number of nitrogens with two attached hydrogens (primary N) is 1. The molecule has 0 spiro atoms. The lowest BCUT2D eigenvalue weighted by Crippen LogP contribution is -2.30. The van der Waals surface area contributed by atoms with E-state index in [1.807, 2.05) is 19.1 Å². The summed E-state index contributed by atoms with van der Waals surface area (Å²) < 4.78 is 11.0. The molecular formula is C10H15NO2. The Morgan fingerprint density at radius 3 is 2.92 bits per heavy atom.